The molecular weight excluding hydrogens is 324 g/mol. The molecule has 0 saturated heterocycles. The molecular formula is C20H32N6. The molecule has 0 spiro atoms. The molecule has 6 heteroatoms. The summed E-state index contributed by atoms with van der Waals surface area (Å²) in [6.07, 6.45) is 9.04. The minimum Gasteiger partial charge on any atom is -0.363 e. The lowest BCUT2D eigenvalue weighted by molar-refractivity contribution is 0.682. The third-order valence-electron chi connectivity index (χ3n) is 2.87. The van der Waals surface area contributed by atoms with Crippen molar-refractivity contribution >= 4 is 23.5 Å². The van der Waals surface area contributed by atoms with Crippen LogP contribution in [0.25, 0.3) is 6.08 Å². The molecule has 0 aliphatic rings. The van der Waals surface area contributed by atoms with E-state index in [1.54, 1.807) is 12.2 Å². The number of anilines is 1. The molecule has 0 aliphatic heterocycles. The van der Waals surface area contributed by atoms with Crippen molar-refractivity contribution in [3.05, 3.63) is 54.9 Å². The van der Waals surface area contributed by atoms with Gasteiger partial charge in [0.25, 0.3) is 0 Å². The molecule has 0 radical (unpaired) electrons. The zero-order valence-corrected chi connectivity index (χ0v) is 16.9. The average molecular weight is 357 g/mol. The van der Waals surface area contributed by atoms with Gasteiger partial charge in [-0.2, -0.15) is 0 Å². The Morgan fingerprint density at radius 2 is 1.96 bits per heavy atom. The van der Waals surface area contributed by atoms with Crippen LogP contribution in [-0.2, 0) is 0 Å². The molecule has 0 fully saturated rings. The van der Waals surface area contributed by atoms with E-state index in [-0.39, 0.29) is 0 Å². The summed E-state index contributed by atoms with van der Waals surface area (Å²) in [6, 6.07) is 1.84. The van der Waals surface area contributed by atoms with Crippen molar-refractivity contribution in [2.24, 2.45) is 4.99 Å². The summed E-state index contributed by atoms with van der Waals surface area (Å²) in [6.45, 7) is 16.1. The van der Waals surface area contributed by atoms with Crippen molar-refractivity contribution in [2.45, 2.75) is 27.7 Å². The Morgan fingerprint density at radius 3 is 2.50 bits per heavy atom. The third-order valence-corrected chi connectivity index (χ3v) is 2.87. The fourth-order valence-corrected chi connectivity index (χ4v) is 1.72. The van der Waals surface area contributed by atoms with E-state index in [4.69, 9.17) is 0 Å². The Morgan fingerprint density at radius 1 is 1.27 bits per heavy atom. The van der Waals surface area contributed by atoms with Gasteiger partial charge in [-0.1, -0.05) is 58.2 Å². The van der Waals surface area contributed by atoms with E-state index < -0.39 is 0 Å². The lowest BCUT2D eigenvalue weighted by atomic mass is 10.2. The highest BCUT2D eigenvalue weighted by atomic mass is 15.4. The molecule has 2 N–H and O–H groups in total. The number of rotatable bonds is 8. The monoisotopic (exact) mass is 356 g/mol. The molecule has 0 amide bonds. The van der Waals surface area contributed by atoms with Gasteiger partial charge in [-0.3, -0.25) is 0 Å². The number of nitrogens with zero attached hydrogens (tertiary/aromatic N) is 4. The molecule has 6 nitrogen and oxygen atoms in total. The van der Waals surface area contributed by atoms with Crippen LogP contribution in [0.4, 0.5) is 11.6 Å². The maximum absolute atomic E-state index is 4.50. The number of aromatic nitrogens is 2. The number of amidine groups is 1. The third kappa shape index (κ3) is 8.94. The molecule has 0 atom stereocenters. The van der Waals surface area contributed by atoms with Crippen molar-refractivity contribution in [2.75, 3.05) is 25.5 Å². The SMILES string of the molecule is C=C/C=C(C=C)/C=C/c1nc(/N=C(\C)NNCC)cc(N(C)C)n1.CC. The van der Waals surface area contributed by atoms with E-state index in [1.807, 2.05) is 71.0 Å². The normalized spacial score (nSPS) is 11.6. The van der Waals surface area contributed by atoms with Crippen LogP contribution < -0.4 is 15.8 Å². The zero-order chi connectivity index (χ0) is 19.9. The van der Waals surface area contributed by atoms with Crippen LogP contribution in [0.1, 0.15) is 33.5 Å². The average Bonchev–Trinajstić information content (AvgIpc) is 2.64. The minimum absolute atomic E-state index is 0.577. The van der Waals surface area contributed by atoms with Crippen LogP contribution in [0.2, 0.25) is 0 Å². The van der Waals surface area contributed by atoms with Gasteiger partial charge < -0.3 is 10.3 Å². The second-order valence-electron chi connectivity index (χ2n) is 5.13. The predicted molar refractivity (Wildman–Crippen MR) is 115 cm³/mol. The second-order valence-corrected chi connectivity index (χ2v) is 5.13. The standard InChI is InChI=1S/C18H26N6.C2H6/c1-7-10-15(8-2)11-12-16-21-17(13-18(22-16)24(5)6)20-14(4)23-19-9-3;1-2/h7-8,10-13,19H,1-2,9H2,3-6H3,(H,20,21,22,23);1-2H3/b12-11+,15-10+;. The Hall–Kier alpha value is -2.73. The van der Waals surface area contributed by atoms with E-state index in [1.165, 1.54) is 0 Å². The highest BCUT2D eigenvalue weighted by molar-refractivity contribution is 5.81. The van der Waals surface area contributed by atoms with E-state index in [0.29, 0.717) is 11.6 Å². The van der Waals surface area contributed by atoms with Crippen LogP contribution in [0, 0.1) is 0 Å². The van der Waals surface area contributed by atoms with E-state index >= 15 is 0 Å². The van der Waals surface area contributed by atoms with Crippen molar-refractivity contribution in [3.8, 4) is 0 Å². The molecule has 0 saturated carbocycles. The number of hydrazine groups is 1. The van der Waals surface area contributed by atoms with E-state index in [2.05, 4.69) is 39.0 Å². The Kier molecular flexibility index (Phi) is 12.1. The van der Waals surface area contributed by atoms with Gasteiger partial charge in [-0.15, -0.1) is 0 Å². The fraction of sp³-hybridized carbons (Fsp3) is 0.350. The van der Waals surface area contributed by atoms with Gasteiger partial charge in [0.1, 0.15) is 11.7 Å². The Balaban J connectivity index is 0.00000301. The molecule has 1 aromatic rings. The predicted octanol–water partition coefficient (Wildman–Crippen LogP) is 4.04. The molecule has 1 heterocycles. The Labute approximate surface area is 158 Å². The number of aliphatic imine (C=N–C) groups is 1. The summed E-state index contributed by atoms with van der Waals surface area (Å²) in [7, 11) is 3.86. The summed E-state index contributed by atoms with van der Waals surface area (Å²) >= 11 is 0. The van der Waals surface area contributed by atoms with Gasteiger partial charge in [0.2, 0.25) is 0 Å². The largest absolute Gasteiger partial charge is 0.363 e. The lowest BCUT2D eigenvalue weighted by Crippen LogP contribution is -2.35. The summed E-state index contributed by atoms with van der Waals surface area (Å²) in [4.78, 5) is 15.3. The second kappa shape index (κ2) is 13.5. The fourth-order valence-electron chi connectivity index (χ4n) is 1.72. The lowest BCUT2D eigenvalue weighted by Gasteiger charge is -2.12. The smallest absolute Gasteiger partial charge is 0.160 e. The molecule has 142 valence electrons. The van der Waals surface area contributed by atoms with Crippen LogP contribution in [-0.4, -0.2) is 36.4 Å². The highest BCUT2D eigenvalue weighted by Gasteiger charge is 2.04. The molecule has 0 aromatic carbocycles. The van der Waals surface area contributed by atoms with Gasteiger partial charge in [-0.05, 0) is 18.6 Å². The van der Waals surface area contributed by atoms with Crippen LogP contribution in [0.15, 0.2) is 54.1 Å². The number of hydrogen-bond donors (Lipinski definition) is 2. The summed E-state index contributed by atoms with van der Waals surface area (Å²) in [5, 5.41) is 0. The molecule has 1 rings (SSSR count). The highest BCUT2D eigenvalue weighted by Crippen LogP contribution is 2.17. The van der Waals surface area contributed by atoms with Gasteiger partial charge in [0.05, 0.1) is 0 Å². The van der Waals surface area contributed by atoms with Crippen molar-refractivity contribution in [1.82, 2.24) is 20.8 Å². The van der Waals surface area contributed by atoms with Crippen LogP contribution >= 0.6 is 0 Å². The quantitative estimate of drug-likeness (QED) is 0.318. The van der Waals surface area contributed by atoms with Crippen LogP contribution in [0.3, 0.4) is 0 Å². The van der Waals surface area contributed by atoms with Crippen LogP contribution in [0.5, 0.6) is 0 Å². The number of allylic oxidation sites excluding steroid dienone is 5. The first-order chi connectivity index (χ1) is 12.5. The number of hydrogen-bond acceptors (Lipinski definition) is 5. The van der Waals surface area contributed by atoms with E-state index in [9.17, 15) is 0 Å². The van der Waals surface area contributed by atoms with Gasteiger partial charge in [-0.25, -0.2) is 20.4 Å². The van der Waals surface area contributed by atoms with Gasteiger partial charge >= 0.3 is 0 Å². The first kappa shape index (κ1) is 23.3. The molecule has 1 aromatic heterocycles. The summed E-state index contributed by atoms with van der Waals surface area (Å²) in [5.74, 6) is 2.68. The summed E-state index contributed by atoms with van der Waals surface area (Å²) in [5.41, 5.74) is 6.93. The minimum atomic E-state index is 0.577. The molecule has 0 unspecified atom stereocenters. The first-order valence-electron chi connectivity index (χ1n) is 8.74. The zero-order valence-electron chi connectivity index (χ0n) is 16.9. The van der Waals surface area contributed by atoms with Crippen molar-refractivity contribution < 1.29 is 0 Å². The Bertz CT molecular complexity index is 656. The molecule has 0 bridgehead atoms. The first-order valence-corrected chi connectivity index (χ1v) is 8.74. The van der Waals surface area contributed by atoms with Gasteiger partial charge in [0.15, 0.2) is 11.6 Å². The van der Waals surface area contributed by atoms with E-state index in [0.717, 1.165) is 23.8 Å². The topological polar surface area (TPSA) is 65.4 Å². The van der Waals surface area contributed by atoms with Crippen molar-refractivity contribution in [3.63, 3.8) is 0 Å². The number of nitrogens with one attached hydrogen (secondary N) is 2. The van der Waals surface area contributed by atoms with Crippen molar-refractivity contribution in [1.29, 1.82) is 0 Å². The molecule has 26 heavy (non-hydrogen) atoms. The maximum atomic E-state index is 4.50. The molecule has 0 aliphatic carbocycles. The van der Waals surface area contributed by atoms with Gasteiger partial charge in [0, 0.05) is 26.7 Å². The summed E-state index contributed by atoms with van der Waals surface area (Å²) < 4.78 is 0. The maximum Gasteiger partial charge on any atom is 0.160 e.